The number of hydrogen-bond acceptors (Lipinski definition) is 4. The minimum absolute atomic E-state index is 0.00425. The van der Waals surface area contributed by atoms with Gasteiger partial charge in [-0.3, -0.25) is 9.59 Å². The number of nitrogens with one attached hydrogen (secondary N) is 1. The quantitative estimate of drug-likeness (QED) is 0.719. The largest absolute Gasteiger partial charge is 0.375 e. The van der Waals surface area contributed by atoms with Crippen LogP contribution < -0.4 is 11.1 Å². The van der Waals surface area contributed by atoms with Crippen molar-refractivity contribution < 1.29 is 14.3 Å². The van der Waals surface area contributed by atoms with Crippen LogP contribution in [0.2, 0.25) is 0 Å². The van der Waals surface area contributed by atoms with Crippen molar-refractivity contribution in [2.24, 2.45) is 11.7 Å². The summed E-state index contributed by atoms with van der Waals surface area (Å²) >= 11 is 0. The Hall–Kier alpha value is -1.14. The second kappa shape index (κ2) is 6.86. The molecule has 6 nitrogen and oxygen atoms in total. The molecule has 2 aliphatic rings. The molecule has 2 heterocycles. The second-order valence-electron chi connectivity index (χ2n) is 5.40. The number of primary amides is 1. The zero-order valence-electron chi connectivity index (χ0n) is 11.3. The monoisotopic (exact) mass is 269 g/mol. The van der Waals surface area contributed by atoms with Crippen molar-refractivity contribution >= 4 is 11.8 Å². The van der Waals surface area contributed by atoms with Crippen molar-refractivity contribution in [1.29, 1.82) is 0 Å². The van der Waals surface area contributed by atoms with E-state index in [2.05, 4.69) is 5.32 Å². The molecule has 0 aromatic carbocycles. The Kier molecular flexibility index (Phi) is 5.15. The first-order chi connectivity index (χ1) is 9.15. The Labute approximate surface area is 113 Å². The molecule has 3 N–H and O–H groups in total. The number of rotatable bonds is 4. The van der Waals surface area contributed by atoms with Gasteiger partial charge in [-0.15, -0.1) is 0 Å². The van der Waals surface area contributed by atoms with Crippen LogP contribution in [0.5, 0.6) is 0 Å². The van der Waals surface area contributed by atoms with E-state index < -0.39 is 0 Å². The van der Waals surface area contributed by atoms with Gasteiger partial charge in [-0.1, -0.05) is 0 Å². The maximum absolute atomic E-state index is 12.1. The van der Waals surface area contributed by atoms with Crippen LogP contribution in [-0.4, -0.2) is 55.6 Å². The normalized spacial score (nSPS) is 25.3. The number of carbonyl (C=O) groups is 2. The van der Waals surface area contributed by atoms with Gasteiger partial charge in [0.1, 0.15) is 0 Å². The van der Waals surface area contributed by atoms with Gasteiger partial charge in [0.15, 0.2) is 0 Å². The summed E-state index contributed by atoms with van der Waals surface area (Å²) in [4.78, 5) is 24.9. The summed E-state index contributed by atoms with van der Waals surface area (Å²) in [6, 6.07) is 0. The lowest BCUT2D eigenvalue weighted by molar-refractivity contribution is -0.136. The van der Waals surface area contributed by atoms with E-state index in [4.69, 9.17) is 10.5 Å². The van der Waals surface area contributed by atoms with Crippen LogP contribution in [0.15, 0.2) is 0 Å². The Morgan fingerprint density at radius 3 is 2.58 bits per heavy atom. The Bertz CT molecular complexity index is 321. The molecule has 2 fully saturated rings. The van der Waals surface area contributed by atoms with Gasteiger partial charge in [0, 0.05) is 32.6 Å². The zero-order valence-corrected chi connectivity index (χ0v) is 11.3. The molecule has 1 atom stereocenters. The average molecular weight is 269 g/mol. The molecule has 2 rings (SSSR count). The molecule has 1 unspecified atom stereocenters. The van der Waals surface area contributed by atoms with E-state index in [9.17, 15) is 9.59 Å². The topological polar surface area (TPSA) is 84.7 Å². The molecule has 0 radical (unpaired) electrons. The Morgan fingerprint density at radius 1 is 1.26 bits per heavy atom. The molecule has 0 aliphatic carbocycles. The number of piperidine rings is 1. The Morgan fingerprint density at radius 2 is 2.00 bits per heavy atom. The smallest absolute Gasteiger partial charge is 0.225 e. The summed E-state index contributed by atoms with van der Waals surface area (Å²) in [5.41, 5.74) is 5.20. The van der Waals surface area contributed by atoms with Gasteiger partial charge in [-0.05, 0) is 18.8 Å². The predicted octanol–water partition coefficient (Wildman–Crippen LogP) is -0.521. The molecule has 0 bridgehead atoms. The van der Waals surface area contributed by atoms with Crippen LogP contribution in [0.25, 0.3) is 0 Å². The van der Waals surface area contributed by atoms with Gasteiger partial charge >= 0.3 is 0 Å². The summed E-state index contributed by atoms with van der Waals surface area (Å²) in [5, 5.41) is 3.22. The van der Waals surface area contributed by atoms with Gasteiger partial charge in [0.2, 0.25) is 11.8 Å². The minimum Gasteiger partial charge on any atom is -0.375 e. The summed E-state index contributed by atoms with van der Waals surface area (Å²) in [5.74, 6) is 0.256. The van der Waals surface area contributed by atoms with E-state index in [-0.39, 0.29) is 17.9 Å². The van der Waals surface area contributed by atoms with Gasteiger partial charge < -0.3 is 20.7 Å². The zero-order chi connectivity index (χ0) is 13.7. The first kappa shape index (κ1) is 14.3. The van der Waals surface area contributed by atoms with E-state index >= 15 is 0 Å². The third-order valence-electron chi connectivity index (χ3n) is 3.86. The molecule has 0 aromatic heterocycles. The van der Waals surface area contributed by atoms with Crippen LogP contribution in [0.1, 0.15) is 25.7 Å². The van der Waals surface area contributed by atoms with Crippen molar-refractivity contribution in [3.63, 3.8) is 0 Å². The second-order valence-corrected chi connectivity index (χ2v) is 5.40. The SMILES string of the molecule is NC(=O)CC1CCN(C(=O)CC2CNCCO2)CC1. The molecule has 0 aromatic rings. The van der Waals surface area contributed by atoms with Crippen LogP contribution in [-0.2, 0) is 14.3 Å². The maximum Gasteiger partial charge on any atom is 0.225 e. The van der Waals surface area contributed by atoms with Gasteiger partial charge in [-0.25, -0.2) is 0 Å². The van der Waals surface area contributed by atoms with Crippen molar-refractivity contribution in [3.05, 3.63) is 0 Å². The molecule has 2 saturated heterocycles. The van der Waals surface area contributed by atoms with E-state index in [1.807, 2.05) is 4.90 Å². The fourth-order valence-corrected chi connectivity index (χ4v) is 2.75. The first-order valence-electron chi connectivity index (χ1n) is 7.03. The third-order valence-corrected chi connectivity index (χ3v) is 3.86. The van der Waals surface area contributed by atoms with E-state index in [1.165, 1.54) is 0 Å². The third kappa shape index (κ3) is 4.47. The van der Waals surface area contributed by atoms with Crippen molar-refractivity contribution in [3.8, 4) is 0 Å². The number of nitrogens with two attached hydrogens (primary N) is 1. The first-order valence-corrected chi connectivity index (χ1v) is 7.03. The number of carbonyl (C=O) groups excluding carboxylic acids is 2. The lowest BCUT2D eigenvalue weighted by Crippen LogP contribution is -2.44. The molecule has 6 heteroatoms. The number of morpholine rings is 1. The maximum atomic E-state index is 12.1. The molecular formula is C13H23N3O3. The lowest BCUT2D eigenvalue weighted by atomic mass is 9.93. The summed E-state index contributed by atoms with van der Waals surface area (Å²) in [6.07, 6.45) is 2.65. The number of ether oxygens (including phenoxy) is 1. The highest BCUT2D eigenvalue weighted by Gasteiger charge is 2.26. The summed E-state index contributed by atoms with van der Waals surface area (Å²) < 4.78 is 5.54. The van der Waals surface area contributed by atoms with Gasteiger partial charge in [0.25, 0.3) is 0 Å². The number of hydrogen-bond donors (Lipinski definition) is 2. The number of amides is 2. The van der Waals surface area contributed by atoms with Crippen LogP contribution in [0.3, 0.4) is 0 Å². The van der Waals surface area contributed by atoms with Gasteiger partial charge in [-0.2, -0.15) is 0 Å². The molecule has 2 amide bonds. The minimum atomic E-state index is -0.244. The molecule has 2 aliphatic heterocycles. The fourth-order valence-electron chi connectivity index (χ4n) is 2.75. The van der Waals surface area contributed by atoms with Crippen molar-refractivity contribution in [2.45, 2.75) is 31.8 Å². The fraction of sp³-hybridized carbons (Fsp3) is 0.846. The summed E-state index contributed by atoms with van der Waals surface area (Å²) in [6.45, 7) is 3.76. The predicted molar refractivity (Wildman–Crippen MR) is 70.3 cm³/mol. The highest BCUT2D eigenvalue weighted by atomic mass is 16.5. The lowest BCUT2D eigenvalue weighted by Gasteiger charge is -2.33. The van der Waals surface area contributed by atoms with E-state index in [0.29, 0.717) is 25.4 Å². The summed E-state index contributed by atoms with van der Waals surface area (Å²) in [7, 11) is 0. The standard InChI is InChI=1S/C13H23N3O3/c14-12(17)7-10-1-4-16(5-2-10)13(18)8-11-9-15-3-6-19-11/h10-11,15H,1-9H2,(H2,14,17). The van der Waals surface area contributed by atoms with Crippen molar-refractivity contribution in [1.82, 2.24) is 10.2 Å². The highest BCUT2D eigenvalue weighted by Crippen LogP contribution is 2.21. The number of likely N-dealkylation sites (tertiary alicyclic amines) is 1. The van der Waals surface area contributed by atoms with Crippen LogP contribution in [0, 0.1) is 5.92 Å². The molecule has 0 saturated carbocycles. The van der Waals surface area contributed by atoms with Crippen molar-refractivity contribution in [2.75, 3.05) is 32.8 Å². The van der Waals surface area contributed by atoms with Gasteiger partial charge in [0.05, 0.1) is 19.1 Å². The molecule has 19 heavy (non-hydrogen) atoms. The highest BCUT2D eigenvalue weighted by molar-refractivity contribution is 5.77. The Balaban J connectivity index is 1.71. The van der Waals surface area contributed by atoms with Crippen LogP contribution in [0.4, 0.5) is 0 Å². The van der Waals surface area contributed by atoms with E-state index in [1.54, 1.807) is 0 Å². The number of nitrogens with zero attached hydrogens (tertiary/aromatic N) is 1. The molecule has 0 spiro atoms. The molecular weight excluding hydrogens is 246 g/mol. The molecule has 108 valence electrons. The van der Waals surface area contributed by atoms with Crippen LogP contribution >= 0.6 is 0 Å². The van der Waals surface area contributed by atoms with E-state index in [0.717, 1.165) is 39.0 Å². The average Bonchev–Trinajstić information content (AvgIpc) is 2.40.